The van der Waals surface area contributed by atoms with E-state index in [1.807, 2.05) is 42.5 Å². The predicted molar refractivity (Wildman–Crippen MR) is 85.3 cm³/mol. The van der Waals surface area contributed by atoms with E-state index in [0.717, 1.165) is 27.1 Å². The number of fused-ring (bicyclic) bond motifs is 1. The number of nitrogens with zero attached hydrogens (tertiary/aromatic N) is 1. The van der Waals surface area contributed by atoms with E-state index in [4.69, 9.17) is 22.2 Å². The third kappa shape index (κ3) is 2.91. The van der Waals surface area contributed by atoms with E-state index < -0.39 is 0 Å². The summed E-state index contributed by atoms with van der Waals surface area (Å²) in [6.45, 7) is 0.434. The minimum absolute atomic E-state index is 0.434. The summed E-state index contributed by atoms with van der Waals surface area (Å²) in [5, 5.41) is 2.70. The monoisotopic (exact) mass is 299 g/mol. The number of aromatic nitrogens is 1. The zero-order valence-electron chi connectivity index (χ0n) is 11.2. The van der Waals surface area contributed by atoms with Gasteiger partial charge in [-0.25, -0.2) is 10.8 Å². The molecule has 0 bridgehead atoms. The summed E-state index contributed by atoms with van der Waals surface area (Å²) in [6, 6.07) is 15.4. The Kier molecular flexibility index (Phi) is 3.90. The third-order valence-corrected chi connectivity index (χ3v) is 3.53. The molecule has 0 saturated heterocycles. The van der Waals surface area contributed by atoms with Crippen LogP contribution in [-0.4, -0.2) is 4.98 Å². The molecule has 4 nitrogen and oxygen atoms in total. The molecule has 2 aromatic carbocycles. The van der Waals surface area contributed by atoms with E-state index in [0.29, 0.717) is 12.4 Å². The molecule has 3 rings (SSSR count). The van der Waals surface area contributed by atoms with Gasteiger partial charge in [-0.1, -0.05) is 41.9 Å². The van der Waals surface area contributed by atoms with Crippen LogP contribution in [0.4, 0.5) is 5.82 Å². The van der Waals surface area contributed by atoms with Crippen molar-refractivity contribution in [2.24, 2.45) is 5.84 Å². The van der Waals surface area contributed by atoms with Crippen molar-refractivity contribution >= 4 is 28.2 Å². The summed E-state index contributed by atoms with van der Waals surface area (Å²) in [6.07, 6.45) is 1.73. The number of rotatable bonds is 4. The van der Waals surface area contributed by atoms with Gasteiger partial charge in [0.2, 0.25) is 0 Å². The average molecular weight is 300 g/mol. The number of hydrazine groups is 1. The first-order valence-electron chi connectivity index (χ1n) is 6.49. The first-order valence-corrected chi connectivity index (χ1v) is 6.87. The van der Waals surface area contributed by atoms with Crippen molar-refractivity contribution in [3.8, 4) is 5.75 Å². The van der Waals surface area contributed by atoms with Gasteiger partial charge in [-0.05, 0) is 18.2 Å². The maximum Gasteiger partial charge on any atom is 0.139 e. The maximum absolute atomic E-state index is 6.20. The van der Waals surface area contributed by atoms with E-state index in [-0.39, 0.29) is 0 Å². The number of halogens is 1. The van der Waals surface area contributed by atoms with E-state index in [2.05, 4.69) is 10.4 Å². The highest BCUT2D eigenvalue weighted by Gasteiger charge is 2.05. The summed E-state index contributed by atoms with van der Waals surface area (Å²) in [7, 11) is 0. The topological polar surface area (TPSA) is 60.2 Å². The van der Waals surface area contributed by atoms with Crippen molar-refractivity contribution in [2.75, 3.05) is 5.43 Å². The van der Waals surface area contributed by atoms with Gasteiger partial charge >= 0.3 is 0 Å². The second-order valence-electron chi connectivity index (χ2n) is 4.58. The second-order valence-corrected chi connectivity index (χ2v) is 4.98. The molecule has 0 aliphatic carbocycles. The van der Waals surface area contributed by atoms with Crippen molar-refractivity contribution in [1.29, 1.82) is 0 Å². The Balaban J connectivity index is 1.83. The van der Waals surface area contributed by atoms with Gasteiger partial charge in [0, 0.05) is 27.6 Å². The molecule has 0 aliphatic heterocycles. The molecule has 1 heterocycles. The quantitative estimate of drug-likeness (QED) is 0.569. The van der Waals surface area contributed by atoms with Crippen molar-refractivity contribution < 1.29 is 4.74 Å². The highest BCUT2D eigenvalue weighted by atomic mass is 35.5. The highest BCUT2D eigenvalue weighted by Crippen LogP contribution is 2.31. The first kappa shape index (κ1) is 13.7. The molecule has 21 heavy (non-hydrogen) atoms. The van der Waals surface area contributed by atoms with Crippen LogP contribution < -0.4 is 16.0 Å². The minimum atomic E-state index is 0.434. The first-order chi connectivity index (χ1) is 10.3. The summed E-state index contributed by atoms with van der Waals surface area (Å²) < 4.78 is 5.88. The van der Waals surface area contributed by atoms with Crippen LogP contribution in [0.1, 0.15) is 5.56 Å². The van der Waals surface area contributed by atoms with E-state index in [1.165, 1.54) is 0 Å². The Labute approximate surface area is 127 Å². The van der Waals surface area contributed by atoms with Gasteiger partial charge in [0.05, 0.1) is 0 Å². The number of nitrogens with one attached hydrogen (secondary N) is 1. The Morgan fingerprint density at radius 3 is 2.57 bits per heavy atom. The van der Waals surface area contributed by atoms with Crippen LogP contribution in [0.15, 0.2) is 54.7 Å². The van der Waals surface area contributed by atoms with Gasteiger partial charge in [-0.2, -0.15) is 0 Å². The fourth-order valence-electron chi connectivity index (χ4n) is 2.12. The van der Waals surface area contributed by atoms with Crippen LogP contribution in [-0.2, 0) is 6.61 Å². The molecule has 0 saturated carbocycles. The number of nitrogens with two attached hydrogens (primary N) is 1. The third-order valence-electron chi connectivity index (χ3n) is 3.20. The van der Waals surface area contributed by atoms with Crippen LogP contribution in [0, 0.1) is 0 Å². The van der Waals surface area contributed by atoms with Crippen molar-refractivity contribution in [3.05, 3.63) is 65.3 Å². The molecule has 3 N–H and O–H groups in total. The average Bonchev–Trinajstić information content (AvgIpc) is 2.55. The Bertz CT molecular complexity index is 759. The van der Waals surface area contributed by atoms with Crippen LogP contribution in [0.5, 0.6) is 5.75 Å². The molecule has 0 radical (unpaired) electrons. The molecule has 0 aliphatic rings. The Morgan fingerprint density at radius 2 is 1.86 bits per heavy atom. The normalized spacial score (nSPS) is 10.6. The smallest absolute Gasteiger partial charge is 0.139 e. The lowest BCUT2D eigenvalue weighted by Crippen LogP contribution is -2.08. The van der Waals surface area contributed by atoms with Crippen molar-refractivity contribution in [3.63, 3.8) is 0 Å². The van der Waals surface area contributed by atoms with Crippen LogP contribution in [0.3, 0.4) is 0 Å². The predicted octanol–water partition coefficient (Wildman–Crippen LogP) is 3.75. The SMILES string of the molecule is NNc1ccc(COc2ccc(Cl)c3ccccc23)cn1. The van der Waals surface area contributed by atoms with E-state index >= 15 is 0 Å². The maximum atomic E-state index is 6.20. The lowest BCUT2D eigenvalue weighted by Gasteiger charge is -2.10. The summed E-state index contributed by atoms with van der Waals surface area (Å²) in [5.74, 6) is 6.71. The molecule has 0 amide bonds. The number of benzene rings is 2. The molecule has 1 aromatic heterocycles. The zero-order valence-corrected chi connectivity index (χ0v) is 12.0. The fraction of sp³-hybridized carbons (Fsp3) is 0.0625. The molecule has 0 spiro atoms. The molecular formula is C16H14ClN3O. The van der Waals surface area contributed by atoms with Gasteiger partial charge in [0.1, 0.15) is 18.2 Å². The Morgan fingerprint density at radius 1 is 1.05 bits per heavy atom. The fourth-order valence-corrected chi connectivity index (χ4v) is 2.34. The highest BCUT2D eigenvalue weighted by molar-refractivity contribution is 6.35. The summed E-state index contributed by atoms with van der Waals surface area (Å²) in [4.78, 5) is 4.15. The number of anilines is 1. The number of pyridine rings is 1. The van der Waals surface area contributed by atoms with Crippen LogP contribution in [0.2, 0.25) is 5.02 Å². The molecule has 3 aromatic rings. The van der Waals surface area contributed by atoms with Gasteiger partial charge in [0.15, 0.2) is 0 Å². The minimum Gasteiger partial charge on any atom is -0.488 e. The van der Waals surface area contributed by atoms with Gasteiger partial charge < -0.3 is 10.2 Å². The lowest BCUT2D eigenvalue weighted by atomic mass is 10.1. The summed E-state index contributed by atoms with van der Waals surface area (Å²) >= 11 is 6.20. The molecule has 5 heteroatoms. The number of nitrogen functional groups attached to an aromatic ring is 1. The molecule has 0 atom stereocenters. The zero-order chi connectivity index (χ0) is 14.7. The van der Waals surface area contributed by atoms with Gasteiger partial charge in [-0.15, -0.1) is 0 Å². The molecule has 106 valence electrons. The second kappa shape index (κ2) is 5.99. The number of ether oxygens (including phenoxy) is 1. The molecular weight excluding hydrogens is 286 g/mol. The largest absolute Gasteiger partial charge is 0.488 e. The van der Waals surface area contributed by atoms with Crippen LogP contribution >= 0.6 is 11.6 Å². The van der Waals surface area contributed by atoms with Gasteiger partial charge in [-0.3, -0.25) is 0 Å². The molecule has 0 unspecified atom stereocenters. The van der Waals surface area contributed by atoms with E-state index in [1.54, 1.807) is 12.3 Å². The van der Waals surface area contributed by atoms with Crippen LogP contribution in [0.25, 0.3) is 10.8 Å². The lowest BCUT2D eigenvalue weighted by molar-refractivity contribution is 0.309. The van der Waals surface area contributed by atoms with Crippen molar-refractivity contribution in [2.45, 2.75) is 6.61 Å². The number of hydrogen-bond donors (Lipinski definition) is 2. The van der Waals surface area contributed by atoms with Gasteiger partial charge in [0.25, 0.3) is 0 Å². The summed E-state index contributed by atoms with van der Waals surface area (Å²) in [5.41, 5.74) is 3.46. The van der Waals surface area contributed by atoms with Crippen molar-refractivity contribution in [1.82, 2.24) is 4.98 Å². The number of hydrogen-bond acceptors (Lipinski definition) is 4. The molecule has 0 fully saturated rings. The van der Waals surface area contributed by atoms with E-state index in [9.17, 15) is 0 Å². The Hall–Kier alpha value is -2.30. The standard InChI is InChI=1S/C16H14ClN3O/c17-14-6-7-15(13-4-2-1-3-12(13)14)21-10-11-5-8-16(20-18)19-9-11/h1-9H,10,18H2,(H,19,20).